The first kappa shape index (κ1) is 14.6. The maximum absolute atomic E-state index is 5.76. The van der Waals surface area contributed by atoms with Gasteiger partial charge in [-0.3, -0.25) is 0 Å². The molecule has 0 saturated carbocycles. The lowest BCUT2D eigenvalue weighted by Gasteiger charge is -2.13. The van der Waals surface area contributed by atoms with Gasteiger partial charge in [-0.25, -0.2) is 0 Å². The average molecular weight is 269 g/mol. The molecule has 0 saturated heterocycles. The van der Waals surface area contributed by atoms with Gasteiger partial charge < -0.3 is 10.1 Å². The Balaban J connectivity index is 1.87. The van der Waals surface area contributed by atoms with Gasteiger partial charge in [-0.15, -0.1) is 0 Å². The minimum Gasteiger partial charge on any atom is -0.492 e. The molecule has 0 radical (unpaired) electrons. The van der Waals surface area contributed by atoms with Gasteiger partial charge in [0.2, 0.25) is 0 Å². The lowest BCUT2D eigenvalue weighted by atomic mass is 10.1. The van der Waals surface area contributed by atoms with Crippen molar-refractivity contribution in [3.05, 3.63) is 65.7 Å². The van der Waals surface area contributed by atoms with E-state index in [-0.39, 0.29) is 0 Å². The van der Waals surface area contributed by atoms with Crippen molar-refractivity contribution in [1.82, 2.24) is 5.32 Å². The Morgan fingerprint density at radius 3 is 2.25 bits per heavy atom. The first-order valence-electron chi connectivity index (χ1n) is 7.27. The molecule has 1 unspecified atom stereocenters. The normalized spacial score (nSPS) is 12.1. The van der Waals surface area contributed by atoms with Gasteiger partial charge >= 0.3 is 0 Å². The van der Waals surface area contributed by atoms with Crippen LogP contribution in [0.15, 0.2) is 54.6 Å². The summed E-state index contributed by atoms with van der Waals surface area (Å²) in [6.45, 7) is 5.91. The molecule has 2 nitrogen and oxygen atoms in total. The topological polar surface area (TPSA) is 21.3 Å². The van der Waals surface area contributed by atoms with Gasteiger partial charge in [0.25, 0.3) is 0 Å². The van der Waals surface area contributed by atoms with Crippen LogP contribution < -0.4 is 10.1 Å². The monoisotopic (exact) mass is 269 g/mol. The minimum atomic E-state index is 0.379. The van der Waals surface area contributed by atoms with Crippen molar-refractivity contribution in [2.45, 2.75) is 26.3 Å². The van der Waals surface area contributed by atoms with Crippen LogP contribution in [-0.2, 0) is 6.42 Å². The van der Waals surface area contributed by atoms with Crippen molar-refractivity contribution in [2.24, 2.45) is 0 Å². The van der Waals surface area contributed by atoms with Gasteiger partial charge in [0.05, 0.1) is 0 Å². The zero-order valence-corrected chi connectivity index (χ0v) is 12.3. The predicted octanol–water partition coefficient (Wildman–Crippen LogP) is 3.65. The summed E-state index contributed by atoms with van der Waals surface area (Å²) in [6.07, 6.45) is 0.967. The van der Waals surface area contributed by atoms with E-state index in [1.807, 2.05) is 6.07 Å². The summed E-state index contributed by atoms with van der Waals surface area (Å²) in [4.78, 5) is 0. The molecule has 0 aromatic heterocycles. The van der Waals surface area contributed by atoms with Crippen LogP contribution in [-0.4, -0.2) is 19.2 Å². The van der Waals surface area contributed by atoms with Crippen LogP contribution in [0.5, 0.6) is 5.75 Å². The van der Waals surface area contributed by atoms with Crippen LogP contribution in [0.2, 0.25) is 0 Å². The van der Waals surface area contributed by atoms with E-state index in [0.29, 0.717) is 12.6 Å². The van der Waals surface area contributed by atoms with Crippen molar-refractivity contribution >= 4 is 0 Å². The first-order valence-corrected chi connectivity index (χ1v) is 7.27. The van der Waals surface area contributed by atoms with Crippen molar-refractivity contribution in [3.8, 4) is 5.75 Å². The molecule has 20 heavy (non-hydrogen) atoms. The molecule has 0 aliphatic carbocycles. The SMILES string of the molecule is CCNC(C)COc1ccc(Cc2ccccc2)cc1. The molecule has 0 bridgehead atoms. The van der Waals surface area contributed by atoms with E-state index in [0.717, 1.165) is 18.7 Å². The van der Waals surface area contributed by atoms with Crippen LogP contribution >= 0.6 is 0 Å². The van der Waals surface area contributed by atoms with Gasteiger partial charge in [-0.1, -0.05) is 49.4 Å². The molecule has 2 rings (SSSR count). The van der Waals surface area contributed by atoms with Crippen LogP contribution in [0.3, 0.4) is 0 Å². The summed E-state index contributed by atoms with van der Waals surface area (Å²) in [5.74, 6) is 0.937. The van der Waals surface area contributed by atoms with Crippen LogP contribution in [0.25, 0.3) is 0 Å². The van der Waals surface area contributed by atoms with Gasteiger partial charge in [0.15, 0.2) is 0 Å². The zero-order chi connectivity index (χ0) is 14.2. The van der Waals surface area contributed by atoms with Crippen molar-refractivity contribution < 1.29 is 4.74 Å². The number of rotatable bonds is 7. The second-order valence-electron chi connectivity index (χ2n) is 5.08. The highest BCUT2D eigenvalue weighted by Gasteiger charge is 2.01. The summed E-state index contributed by atoms with van der Waals surface area (Å²) in [7, 11) is 0. The second-order valence-corrected chi connectivity index (χ2v) is 5.08. The molecule has 1 atom stereocenters. The Bertz CT molecular complexity index is 493. The molecular weight excluding hydrogens is 246 g/mol. The third kappa shape index (κ3) is 4.71. The number of nitrogens with one attached hydrogen (secondary N) is 1. The van der Waals surface area contributed by atoms with E-state index in [9.17, 15) is 0 Å². The zero-order valence-electron chi connectivity index (χ0n) is 12.3. The van der Waals surface area contributed by atoms with E-state index in [1.54, 1.807) is 0 Å². The number of likely N-dealkylation sites (N-methyl/N-ethyl adjacent to an activating group) is 1. The molecule has 0 aliphatic rings. The number of ether oxygens (including phenoxy) is 1. The molecule has 1 N–H and O–H groups in total. The molecule has 0 fully saturated rings. The highest BCUT2D eigenvalue weighted by molar-refractivity contribution is 5.31. The Hall–Kier alpha value is -1.80. The first-order chi connectivity index (χ1) is 9.78. The number of hydrogen-bond donors (Lipinski definition) is 1. The third-order valence-electron chi connectivity index (χ3n) is 3.23. The van der Waals surface area contributed by atoms with Crippen molar-refractivity contribution in [3.63, 3.8) is 0 Å². The largest absolute Gasteiger partial charge is 0.492 e. The van der Waals surface area contributed by atoms with Gasteiger partial charge in [0, 0.05) is 6.04 Å². The molecule has 2 heteroatoms. The quantitative estimate of drug-likeness (QED) is 0.828. The van der Waals surface area contributed by atoms with Gasteiger partial charge in [0.1, 0.15) is 12.4 Å². The summed E-state index contributed by atoms with van der Waals surface area (Å²) < 4.78 is 5.76. The molecule has 2 aromatic carbocycles. The van der Waals surface area contributed by atoms with Crippen LogP contribution in [0, 0.1) is 0 Å². The minimum absolute atomic E-state index is 0.379. The second kappa shape index (κ2) is 7.71. The van der Waals surface area contributed by atoms with E-state index in [2.05, 4.69) is 67.7 Å². The number of hydrogen-bond acceptors (Lipinski definition) is 2. The van der Waals surface area contributed by atoms with E-state index in [4.69, 9.17) is 4.74 Å². The molecule has 0 amide bonds. The van der Waals surface area contributed by atoms with Crippen molar-refractivity contribution in [1.29, 1.82) is 0 Å². The molecular formula is C18H23NO. The molecule has 0 spiro atoms. The Morgan fingerprint density at radius 1 is 0.950 bits per heavy atom. The Kier molecular flexibility index (Phi) is 5.63. The average Bonchev–Trinajstić information content (AvgIpc) is 2.48. The fourth-order valence-corrected chi connectivity index (χ4v) is 2.16. The van der Waals surface area contributed by atoms with Crippen molar-refractivity contribution in [2.75, 3.05) is 13.2 Å². The van der Waals surface area contributed by atoms with E-state index in [1.165, 1.54) is 11.1 Å². The summed E-state index contributed by atoms with van der Waals surface area (Å²) in [5, 5.41) is 3.33. The maximum atomic E-state index is 5.76. The lowest BCUT2D eigenvalue weighted by Crippen LogP contribution is -2.31. The van der Waals surface area contributed by atoms with E-state index >= 15 is 0 Å². The molecule has 0 aliphatic heterocycles. The Morgan fingerprint density at radius 2 is 1.60 bits per heavy atom. The fourth-order valence-electron chi connectivity index (χ4n) is 2.16. The molecule has 2 aromatic rings. The lowest BCUT2D eigenvalue weighted by molar-refractivity contribution is 0.275. The molecule has 106 valence electrons. The summed E-state index contributed by atoms with van der Waals surface area (Å²) in [5.41, 5.74) is 2.64. The molecule has 0 heterocycles. The maximum Gasteiger partial charge on any atom is 0.119 e. The highest BCUT2D eigenvalue weighted by Crippen LogP contribution is 2.15. The van der Waals surface area contributed by atoms with Gasteiger partial charge in [-0.05, 0) is 43.1 Å². The van der Waals surface area contributed by atoms with Crippen LogP contribution in [0.4, 0.5) is 0 Å². The predicted molar refractivity (Wildman–Crippen MR) is 84.3 cm³/mol. The van der Waals surface area contributed by atoms with Gasteiger partial charge in [-0.2, -0.15) is 0 Å². The van der Waals surface area contributed by atoms with Crippen LogP contribution in [0.1, 0.15) is 25.0 Å². The highest BCUT2D eigenvalue weighted by atomic mass is 16.5. The number of benzene rings is 2. The Labute approximate surface area is 121 Å². The smallest absolute Gasteiger partial charge is 0.119 e. The summed E-state index contributed by atoms with van der Waals surface area (Å²) in [6, 6.07) is 19.3. The standard InChI is InChI=1S/C18H23NO/c1-3-19-15(2)14-20-18-11-9-17(10-12-18)13-16-7-5-4-6-8-16/h4-12,15,19H,3,13-14H2,1-2H3. The van der Waals surface area contributed by atoms with E-state index < -0.39 is 0 Å². The third-order valence-corrected chi connectivity index (χ3v) is 3.23. The fraction of sp³-hybridized carbons (Fsp3) is 0.333. The summed E-state index contributed by atoms with van der Waals surface area (Å²) >= 11 is 0.